The molecule has 1 aromatic heterocycles. The van der Waals surface area contributed by atoms with Crippen LogP contribution in [0.3, 0.4) is 0 Å². The normalized spacial score (nSPS) is 10.4. The van der Waals surface area contributed by atoms with Crippen LogP contribution in [-0.4, -0.2) is 34.0 Å². The summed E-state index contributed by atoms with van der Waals surface area (Å²) < 4.78 is 6.56. The van der Waals surface area contributed by atoms with Crippen LogP contribution in [0.2, 0.25) is 0 Å². The average molecular weight is 391 g/mol. The topological polar surface area (TPSA) is 90.3 Å². The Balaban J connectivity index is 1.78. The highest BCUT2D eigenvalue weighted by Crippen LogP contribution is 2.19. The van der Waals surface area contributed by atoms with Gasteiger partial charge in [-0.2, -0.15) is 5.10 Å². The third-order valence-corrected chi connectivity index (χ3v) is 4.38. The summed E-state index contributed by atoms with van der Waals surface area (Å²) in [6.45, 7) is 5.45. The number of carbonyl (C=O) groups is 3. The summed E-state index contributed by atoms with van der Waals surface area (Å²) in [5.74, 6) is -1.88. The van der Waals surface area contributed by atoms with Crippen LogP contribution >= 0.6 is 0 Å². The van der Waals surface area contributed by atoms with Crippen molar-refractivity contribution in [3.8, 4) is 5.69 Å². The standard InChI is InChI=1S/C22H21N3O4/c1-4-29-22(28)16-10-12-17(13-11-16)23-21(27)20(26)19-14(2)24-25(15(19)3)18-8-6-5-7-9-18/h5-13H,4H2,1-3H3,(H,23,27). The van der Waals surface area contributed by atoms with Gasteiger partial charge in [0.2, 0.25) is 0 Å². The van der Waals surface area contributed by atoms with Crippen LogP contribution in [-0.2, 0) is 9.53 Å². The van der Waals surface area contributed by atoms with Crippen molar-refractivity contribution in [3.63, 3.8) is 0 Å². The van der Waals surface area contributed by atoms with Crippen LogP contribution in [0.1, 0.15) is 39.0 Å². The van der Waals surface area contributed by atoms with Crippen molar-refractivity contribution in [3.05, 3.63) is 77.1 Å². The number of ketones is 1. The zero-order chi connectivity index (χ0) is 21.0. The molecule has 0 fully saturated rings. The third-order valence-electron chi connectivity index (χ3n) is 4.38. The molecule has 1 N–H and O–H groups in total. The molecule has 148 valence electrons. The predicted octanol–water partition coefficient (Wildman–Crippen LogP) is 3.49. The van der Waals surface area contributed by atoms with Crippen molar-refractivity contribution in [1.29, 1.82) is 0 Å². The van der Waals surface area contributed by atoms with Gasteiger partial charge in [0.15, 0.2) is 0 Å². The Morgan fingerprint density at radius 3 is 2.28 bits per heavy atom. The number of hydrogen-bond acceptors (Lipinski definition) is 5. The molecule has 7 heteroatoms. The first-order valence-electron chi connectivity index (χ1n) is 9.17. The van der Waals surface area contributed by atoms with E-state index in [4.69, 9.17) is 4.74 Å². The van der Waals surface area contributed by atoms with Gasteiger partial charge in [0, 0.05) is 5.69 Å². The van der Waals surface area contributed by atoms with Gasteiger partial charge in [-0.1, -0.05) is 18.2 Å². The first-order valence-corrected chi connectivity index (χ1v) is 9.17. The highest BCUT2D eigenvalue weighted by atomic mass is 16.5. The number of anilines is 1. The summed E-state index contributed by atoms with van der Waals surface area (Å²) in [5, 5.41) is 6.97. The number of para-hydroxylation sites is 1. The minimum absolute atomic E-state index is 0.273. The quantitative estimate of drug-likeness (QED) is 0.395. The molecule has 0 radical (unpaired) electrons. The molecule has 3 rings (SSSR count). The van der Waals surface area contributed by atoms with E-state index in [1.165, 1.54) is 12.1 Å². The highest BCUT2D eigenvalue weighted by Gasteiger charge is 2.25. The summed E-state index contributed by atoms with van der Waals surface area (Å²) >= 11 is 0. The number of nitrogens with zero attached hydrogens (tertiary/aromatic N) is 2. The second-order valence-electron chi connectivity index (χ2n) is 6.37. The maximum absolute atomic E-state index is 12.8. The van der Waals surface area contributed by atoms with E-state index in [2.05, 4.69) is 10.4 Å². The van der Waals surface area contributed by atoms with E-state index < -0.39 is 17.7 Å². The maximum Gasteiger partial charge on any atom is 0.338 e. The first kappa shape index (κ1) is 20.0. The molecule has 1 amide bonds. The van der Waals surface area contributed by atoms with Crippen molar-refractivity contribution >= 4 is 23.3 Å². The monoisotopic (exact) mass is 391 g/mol. The number of ether oxygens (including phenoxy) is 1. The molecule has 0 aliphatic heterocycles. The minimum atomic E-state index is -0.771. The van der Waals surface area contributed by atoms with Gasteiger partial charge < -0.3 is 10.1 Å². The number of carbonyl (C=O) groups excluding carboxylic acids is 3. The molecule has 0 aliphatic rings. The molecule has 1 heterocycles. The number of rotatable bonds is 6. The zero-order valence-electron chi connectivity index (χ0n) is 16.4. The fourth-order valence-electron chi connectivity index (χ4n) is 3.00. The van der Waals surface area contributed by atoms with Crippen LogP contribution in [0, 0.1) is 13.8 Å². The molecule has 3 aromatic rings. The number of aromatic nitrogens is 2. The van der Waals surface area contributed by atoms with Gasteiger partial charge >= 0.3 is 5.97 Å². The fraction of sp³-hybridized carbons (Fsp3) is 0.182. The number of Topliss-reactive ketones (excluding diaryl/α,β-unsaturated/α-hetero) is 1. The molecule has 0 spiro atoms. The first-order chi connectivity index (χ1) is 13.9. The summed E-state index contributed by atoms with van der Waals surface area (Å²) in [7, 11) is 0. The SMILES string of the molecule is CCOC(=O)c1ccc(NC(=O)C(=O)c2c(C)nn(-c3ccccc3)c2C)cc1. The van der Waals surface area contributed by atoms with Crippen molar-refractivity contribution in [1.82, 2.24) is 9.78 Å². The van der Waals surface area contributed by atoms with Crippen LogP contribution in [0.4, 0.5) is 5.69 Å². The minimum Gasteiger partial charge on any atom is -0.462 e. The largest absolute Gasteiger partial charge is 0.462 e. The lowest BCUT2D eigenvalue weighted by Crippen LogP contribution is -2.24. The molecule has 0 atom stereocenters. The summed E-state index contributed by atoms with van der Waals surface area (Å²) in [6, 6.07) is 15.5. The summed E-state index contributed by atoms with van der Waals surface area (Å²) in [6.07, 6.45) is 0. The van der Waals surface area contributed by atoms with E-state index in [0.29, 0.717) is 22.6 Å². The van der Waals surface area contributed by atoms with Gasteiger partial charge in [-0.3, -0.25) is 9.59 Å². The lowest BCUT2D eigenvalue weighted by Gasteiger charge is -2.07. The lowest BCUT2D eigenvalue weighted by atomic mass is 10.1. The Bertz CT molecular complexity index is 1050. The van der Waals surface area contributed by atoms with E-state index >= 15 is 0 Å². The van der Waals surface area contributed by atoms with E-state index in [9.17, 15) is 14.4 Å². The highest BCUT2D eigenvalue weighted by molar-refractivity contribution is 6.47. The average Bonchev–Trinajstić information content (AvgIpc) is 3.02. The van der Waals surface area contributed by atoms with Gasteiger partial charge in [0.05, 0.1) is 34.8 Å². The molecule has 0 saturated heterocycles. The Labute approximate surface area is 168 Å². The molecule has 0 unspecified atom stereocenters. The second-order valence-corrected chi connectivity index (χ2v) is 6.37. The van der Waals surface area contributed by atoms with Crippen molar-refractivity contribution in [2.45, 2.75) is 20.8 Å². The number of amides is 1. The molecule has 0 aliphatic carbocycles. The van der Waals surface area contributed by atoms with Gasteiger partial charge in [-0.25, -0.2) is 9.48 Å². The summed E-state index contributed by atoms with van der Waals surface area (Å²) in [4.78, 5) is 36.9. The van der Waals surface area contributed by atoms with E-state index in [-0.39, 0.29) is 12.2 Å². The molecule has 2 aromatic carbocycles. The van der Waals surface area contributed by atoms with Crippen molar-refractivity contribution in [2.24, 2.45) is 0 Å². The number of nitrogens with one attached hydrogen (secondary N) is 1. The zero-order valence-corrected chi connectivity index (χ0v) is 16.4. The van der Waals surface area contributed by atoms with E-state index in [1.54, 1.807) is 37.6 Å². The number of benzene rings is 2. The predicted molar refractivity (Wildman–Crippen MR) is 108 cm³/mol. The molecule has 29 heavy (non-hydrogen) atoms. The number of esters is 1. The molecule has 0 bridgehead atoms. The Kier molecular flexibility index (Phi) is 5.87. The molecule has 0 saturated carbocycles. The summed E-state index contributed by atoms with van der Waals surface area (Å²) in [5.41, 5.74) is 2.92. The number of aryl methyl sites for hydroxylation is 1. The maximum atomic E-state index is 12.8. The lowest BCUT2D eigenvalue weighted by molar-refractivity contribution is -0.112. The van der Waals surface area contributed by atoms with E-state index in [1.807, 2.05) is 30.3 Å². The Morgan fingerprint density at radius 2 is 1.66 bits per heavy atom. The molecular weight excluding hydrogens is 370 g/mol. The number of hydrogen-bond donors (Lipinski definition) is 1. The molecular formula is C22H21N3O4. The fourth-order valence-corrected chi connectivity index (χ4v) is 3.00. The van der Waals surface area contributed by atoms with Crippen LogP contribution in [0.15, 0.2) is 54.6 Å². The van der Waals surface area contributed by atoms with Crippen LogP contribution in [0.25, 0.3) is 5.69 Å². The van der Waals surface area contributed by atoms with Gasteiger partial charge in [0.1, 0.15) is 0 Å². The van der Waals surface area contributed by atoms with Crippen molar-refractivity contribution < 1.29 is 19.1 Å². The van der Waals surface area contributed by atoms with E-state index in [0.717, 1.165) is 5.69 Å². The Hall–Kier alpha value is -3.74. The smallest absolute Gasteiger partial charge is 0.338 e. The third kappa shape index (κ3) is 4.24. The van der Waals surface area contributed by atoms with Gasteiger partial charge in [-0.05, 0) is 57.2 Å². The van der Waals surface area contributed by atoms with Crippen LogP contribution in [0.5, 0.6) is 0 Å². The van der Waals surface area contributed by atoms with Crippen molar-refractivity contribution in [2.75, 3.05) is 11.9 Å². The Morgan fingerprint density at radius 1 is 1.00 bits per heavy atom. The second kappa shape index (κ2) is 8.52. The molecule has 7 nitrogen and oxygen atoms in total. The van der Waals surface area contributed by atoms with Gasteiger partial charge in [0.25, 0.3) is 11.7 Å². The van der Waals surface area contributed by atoms with Crippen LogP contribution < -0.4 is 5.32 Å². The van der Waals surface area contributed by atoms with Gasteiger partial charge in [-0.15, -0.1) is 0 Å².